The van der Waals surface area contributed by atoms with Crippen molar-refractivity contribution < 1.29 is 9.59 Å². The number of amides is 2. The van der Waals surface area contributed by atoms with Crippen LogP contribution in [0.4, 0.5) is 11.4 Å². The number of aryl methyl sites for hydroxylation is 2. The highest BCUT2D eigenvalue weighted by Crippen LogP contribution is 2.28. The highest BCUT2D eigenvalue weighted by Gasteiger charge is 2.19. The van der Waals surface area contributed by atoms with E-state index in [2.05, 4.69) is 16.7 Å². The van der Waals surface area contributed by atoms with E-state index < -0.39 is 0 Å². The maximum atomic E-state index is 12.7. The number of hydrogen-bond acceptors (Lipinski definition) is 2. The van der Waals surface area contributed by atoms with Gasteiger partial charge >= 0.3 is 0 Å². The lowest BCUT2D eigenvalue weighted by Gasteiger charge is -2.14. The molecule has 0 spiro atoms. The second-order valence-corrected chi connectivity index (χ2v) is 5.98. The molecule has 2 N–H and O–H groups in total. The van der Waals surface area contributed by atoms with Gasteiger partial charge in [-0.3, -0.25) is 9.59 Å². The number of nitrogens with one attached hydrogen (secondary N) is 2. The van der Waals surface area contributed by atoms with Gasteiger partial charge in [0.1, 0.15) is 0 Å². The number of fused-ring (bicyclic) bond motifs is 1. The van der Waals surface area contributed by atoms with Crippen molar-refractivity contribution in [2.24, 2.45) is 0 Å². The Morgan fingerprint density at radius 2 is 1.83 bits per heavy atom. The predicted octanol–water partition coefficient (Wildman–Crippen LogP) is 3.69. The second-order valence-electron chi connectivity index (χ2n) is 5.98. The SMILES string of the molecule is CC(=O)Nc1ccc(C)cc1NC(=O)c1cccc2c1CCC2. The number of hydrogen-bond donors (Lipinski definition) is 2. The first-order valence-corrected chi connectivity index (χ1v) is 7.85. The van der Waals surface area contributed by atoms with E-state index in [1.165, 1.54) is 12.5 Å². The summed E-state index contributed by atoms with van der Waals surface area (Å²) in [6.45, 7) is 3.41. The Bertz CT molecular complexity index is 781. The average Bonchev–Trinajstić information content (AvgIpc) is 2.98. The number of carbonyl (C=O) groups excluding carboxylic acids is 2. The lowest BCUT2D eigenvalue weighted by molar-refractivity contribution is -0.114. The van der Waals surface area contributed by atoms with Crippen LogP contribution >= 0.6 is 0 Å². The van der Waals surface area contributed by atoms with Crippen molar-refractivity contribution in [1.29, 1.82) is 0 Å². The van der Waals surface area contributed by atoms with Gasteiger partial charge in [-0.25, -0.2) is 0 Å². The van der Waals surface area contributed by atoms with Crippen LogP contribution in [-0.2, 0) is 17.6 Å². The molecule has 0 radical (unpaired) electrons. The zero-order chi connectivity index (χ0) is 16.4. The maximum Gasteiger partial charge on any atom is 0.256 e. The van der Waals surface area contributed by atoms with Gasteiger partial charge in [-0.05, 0) is 61.1 Å². The number of anilines is 2. The molecule has 2 aromatic carbocycles. The molecule has 0 aliphatic heterocycles. The van der Waals surface area contributed by atoms with Crippen LogP contribution in [0, 0.1) is 6.92 Å². The van der Waals surface area contributed by atoms with Gasteiger partial charge in [0.15, 0.2) is 0 Å². The van der Waals surface area contributed by atoms with E-state index in [9.17, 15) is 9.59 Å². The quantitative estimate of drug-likeness (QED) is 0.908. The summed E-state index contributed by atoms with van der Waals surface area (Å²) in [4.78, 5) is 24.0. The number of carbonyl (C=O) groups is 2. The Morgan fingerprint density at radius 1 is 1.00 bits per heavy atom. The van der Waals surface area contributed by atoms with Crippen molar-refractivity contribution in [2.75, 3.05) is 10.6 Å². The van der Waals surface area contributed by atoms with Crippen LogP contribution in [0.15, 0.2) is 36.4 Å². The van der Waals surface area contributed by atoms with Gasteiger partial charge in [0.2, 0.25) is 5.91 Å². The molecule has 2 aromatic rings. The third kappa shape index (κ3) is 3.26. The first-order chi connectivity index (χ1) is 11.0. The van der Waals surface area contributed by atoms with Crippen molar-refractivity contribution in [1.82, 2.24) is 0 Å². The molecule has 0 saturated carbocycles. The second kappa shape index (κ2) is 6.24. The Hall–Kier alpha value is -2.62. The summed E-state index contributed by atoms with van der Waals surface area (Å²) < 4.78 is 0. The Labute approximate surface area is 135 Å². The molecular formula is C19H20N2O2. The topological polar surface area (TPSA) is 58.2 Å². The molecule has 4 nitrogen and oxygen atoms in total. The fourth-order valence-corrected chi connectivity index (χ4v) is 3.08. The van der Waals surface area contributed by atoms with Gasteiger partial charge in [0.05, 0.1) is 11.4 Å². The first-order valence-electron chi connectivity index (χ1n) is 7.85. The fraction of sp³-hybridized carbons (Fsp3) is 0.263. The molecule has 1 aliphatic carbocycles. The van der Waals surface area contributed by atoms with Crippen LogP contribution < -0.4 is 10.6 Å². The van der Waals surface area contributed by atoms with Crippen molar-refractivity contribution in [2.45, 2.75) is 33.1 Å². The van der Waals surface area contributed by atoms with Crippen LogP contribution in [-0.4, -0.2) is 11.8 Å². The minimum atomic E-state index is -0.162. The molecule has 0 atom stereocenters. The van der Waals surface area contributed by atoms with Crippen molar-refractivity contribution in [3.05, 3.63) is 58.7 Å². The monoisotopic (exact) mass is 308 g/mol. The van der Waals surface area contributed by atoms with Crippen molar-refractivity contribution >= 4 is 23.2 Å². The molecule has 3 rings (SSSR count). The summed E-state index contributed by atoms with van der Waals surface area (Å²) in [6.07, 6.45) is 3.09. The highest BCUT2D eigenvalue weighted by molar-refractivity contribution is 6.08. The van der Waals surface area contributed by atoms with Crippen LogP contribution in [0.2, 0.25) is 0 Å². The van der Waals surface area contributed by atoms with Gasteiger partial charge in [-0.15, -0.1) is 0 Å². The van der Waals surface area contributed by atoms with E-state index in [-0.39, 0.29) is 11.8 Å². The van der Waals surface area contributed by atoms with Crippen molar-refractivity contribution in [3.63, 3.8) is 0 Å². The number of benzene rings is 2. The van der Waals surface area contributed by atoms with Gasteiger partial charge < -0.3 is 10.6 Å². The minimum absolute atomic E-state index is 0.124. The van der Waals surface area contributed by atoms with Crippen LogP contribution in [0.25, 0.3) is 0 Å². The molecule has 0 fully saturated rings. The number of rotatable bonds is 3. The highest BCUT2D eigenvalue weighted by atomic mass is 16.2. The predicted molar refractivity (Wildman–Crippen MR) is 91.9 cm³/mol. The largest absolute Gasteiger partial charge is 0.325 e. The maximum absolute atomic E-state index is 12.7. The molecule has 23 heavy (non-hydrogen) atoms. The molecule has 1 aliphatic rings. The normalized spacial score (nSPS) is 12.6. The summed E-state index contributed by atoms with van der Waals surface area (Å²) in [7, 11) is 0. The molecule has 0 saturated heterocycles. The lowest BCUT2D eigenvalue weighted by atomic mass is 10.0. The smallest absolute Gasteiger partial charge is 0.256 e. The van der Waals surface area contributed by atoms with Gasteiger partial charge in [-0.2, -0.15) is 0 Å². The molecule has 2 amide bonds. The summed E-state index contributed by atoms with van der Waals surface area (Å²) in [5.41, 5.74) is 5.41. The van der Waals surface area contributed by atoms with Gasteiger partial charge in [-0.1, -0.05) is 18.2 Å². The van der Waals surface area contributed by atoms with Gasteiger partial charge in [0.25, 0.3) is 5.91 Å². The van der Waals surface area contributed by atoms with E-state index in [4.69, 9.17) is 0 Å². The van der Waals surface area contributed by atoms with Crippen LogP contribution in [0.1, 0.15) is 40.4 Å². The Morgan fingerprint density at radius 3 is 2.61 bits per heavy atom. The molecule has 0 unspecified atom stereocenters. The van der Waals surface area contributed by atoms with E-state index in [1.807, 2.05) is 37.3 Å². The Balaban J connectivity index is 1.90. The van der Waals surface area contributed by atoms with E-state index in [0.717, 1.165) is 36.0 Å². The van der Waals surface area contributed by atoms with E-state index in [1.54, 1.807) is 0 Å². The molecule has 118 valence electrons. The average molecular weight is 308 g/mol. The van der Waals surface area contributed by atoms with Crippen LogP contribution in [0.3, 0.4) is 0 Å². The van der Waals surface area contributed by atoms with E-state index in [0.29, 0.717) is 11.4 Å². The zero-order valence-corrected chi connectivity index (χ0v) is 13.4. The molecule has 0 aromatic heterocycles. The molecule has 0 bridgehead atoms. The fourth-order valence-electron chi connectivity index (χ4n) is 3.08. The summed E-state index contributed by atoms with van der Waals surface area (Å²) >= 11 is 0. The molecule has 0 heterocycles. The minimum Gasteiger partial charge on any atom is -0.325 e. The third-order valence-corrected chi connectivity index (χ3v) is 4.12. The summed E-state index contributed by atoms with van der Waals surface area (Å²) in [5, 5.41) is 5.71. The standard InChI is InChI=1S/C19H20N2O2/c1-12-9-10-17(20-13(2)22)18(11-12)21-19(23)16-8-4-6-14-5-3-7-15(14)16/h4,6,8-11H,3,5,7H2,1-2H3,(H,20,22)(H,21,23). The van der Waals surface area contributed by atoms with E-state index >= 15 is 0 Å². The summed E-state index contributed by atoms with van der Waals surface area (Å²) in [6, 6.07) is 11.5. The summed E-state index contributed by atoms with van der Waals surface area (Å²) in [5.74, 6) is -0.286. The molecule has 4 heteroatoms. The lowest BCUT2D eigenvalue weighted by Crippen LogP contribution is -2.16. The molecular weight excluding hydrogens is 288 g/mol. The first kappa shape index (κ1) is 15.3. The van der Waals surface area contributed by atoms with Crippen molar-refractivity contribution in [3.8, 4) is 0 Å². The van der Waals surface area contributed by atoms with Crippen LogP contribution in [0.5, 0.6) is 0 Å². The third-order valence-electron chi connectivity index (χ3n) is 4.12. The zero-order valence-electron chi connectivity index (χ0n) is 13.4. The van der Waals surface area contributed by atoms with Gasteiger partial charge in [0, 0.05) is 12.5 Å². The Kier molecular flexibility index (Phi) is 4.15.